The number of benzene rings is 1. The van der Waals surface area contributed by atoms with E-state index >= 15 is 0 Å². The number of amides is 2. The summed E-state index contributed by atoms with van der Waals surface area (Å²) in [5, 5.41) is 12.7. The van der Waals surface area contributed by atoms with Crippen LogP contribution >= 0.6 is 0 Å². The predicted octanol–water partition coefficient (Wildman–Crippen LogP) is 2.13. The highest BCUT2D eigenvalue weighted by molar-refractivity contribution is 5.74. The zero-order valence-corrected chi connectivity index (χ0v) is 12.5. The van der Waals surface area contributed by atoms with Crippen LogP contribution in [-0.2, 0) is 5.41 Å². The zero-order chi connectivity index (χ0) is 14.8. The maximum atomic E-state index is 12.0. The Morgan fingerprint density at radius 1 is 1.35 bits per heavy atom. The molecule has 4 nitrogen and oxygen atoms in total. The lowest BCUT2D eigenvalue weighted by Gasteiger charge is -2.26. The normalized spacial score (nSPS) is 16.6. The molecule has 1 aromatic carbocycles. The van der Waals surface area contributed by atoms with Crippen molar-refractivity contribution in [2.75, 3.05) is 20.1 Å². The Morgan fingerprint density at radius 3 is 2.45 bits per heavy atom. The van der Waals surface area contributed by atoms with E-state index in [9.17, 15) is 9.90 Å². The first-order valence-electron chi connectivity index (χ1n) is 7.09. The number of hydrogen-bond donors (Lipinski definition) is 2. The van der Waals surface area contributed by atoms with Gasteiger partial charge in [0.05, 0.1) is 12.1 Å². The summed E-state index contributed by atoms with van der Waals surface area (Å²) in [6, 6.07) is 10.2. The molecule has 0 spiro atoms. The van der Waals surface area contributed by atoms with Crippen LogP contribution in [0.2, 0.25) is 0 Å². The minimum atomic E-state index is -0.872. The van der Waals surface area contributed by atoms with Gasteiger partial charge in [-0.2, -0.15) is 0 Å². The summed E-state index contributed by atoms with van der Waals surface area (Å²) in [7, 11) is 1.70. The van der Waals surface area contributed by atoms with Gasteiger partial charge in [0.1, 0.15) is 0 Å². The molecule has 110 valence electrons. The highest BCUT2D eigenvalue weighted by atomic mass is 16.3. The number of rotatable bonds is 5. The van der Waals surface area contributed by atoms with Gasteiger partial charge >= 0.3 is 6.03 Å². The van der Waals surface area contributed by atoms with Crippen LogP contribution in [0.4, 0.5) is 4.79 Å². The molecule has 0 saturated heterocycles. The monoisotopic (exact) mass is 276 g/mol. The van der Waals surface area contributed by atoms with Crippen molar-refractivity contribution in [3.63, 3.8) is 0 Å². The highest BCUT2D eigenvalue weighted by Gasteiger charge is 2.44. The zero-order valence-electron chi connectivity index (χ0n) is 12.5. The van der Waals surface area contributed by atoms with Gasteiger partial charge in [-0.3, -0.25) is 0 Å². The van der Waals surface area contributed by atoms with E-state index in [-0.39, 0.29) is 11.4 Å². The number of likely N-dealkylation sites (N-methyl/N-ethyl adjacent to an activating group) is 1. The van der Waals surface area contributed by atoms with E-state index in [4.69, 9.17) is 0 Å². The van der Waals surface area contributed by atoms with E-state index in [1.165, 1.54) is 10.5 Å². The third-order valence-corrected chi connectivity index (χ3v) is 3.79. The smallest absolute Gasteiger partial charge is 0.317 e. The lowest BCUT2D eigenvalue weighted by molar-refractivity contribution is 0.0531. The fraction of sp³-hybridized carbons (Fsp3) is 0.562. The van der Waals surface area contributed by atoms with Crippen molar-refractivity contribution >= 4 is 6.03 Å². The Balaban J connectivity index is 1.88. The Bertz CT molecular complexity index is 461. The minimum Gasteiger partial charge on any atom is -0.389 e. The van der Waals surface area contributed by atoms with Crippen molar-refractivity contribution < 1.29 is 9.90 Å². The van der Waals surface area contributed by atoms with Gasteiger partial charge in [0.2, 0.25) is 0 Å². The van der Waals surface area contributed by atoms with Crippen molar-refractivity contribution in [1.82, 2.24) is 10.2 Å². The summed E-state index contributed by atoms with van der Waals surface area (Å²) in [6.45, 7) is 4.37. The van der Waals surface area contributed by atoms with Gasteiger partial charge in [-0.05, 0) is 32.3 Å². The molecule has 0 unspecified atom stereocenters. The third-order valence-electron chi connectivity index (χ3n) is 3.79. The molecule has 1 aromatic rings. The van der Waals surface area contributed by atoms with Gasteiger partial charge in [0.25, 0.3) is 0 Å². The molecule has 1 fully saturated rings. The van der Waals surface area contributed by atoms with Gasteiger partial charge in [-0.1, -0.05) is 30.3 Å². The molecule has 0 heterocycles. The molecule has 1 aliphatic carbocycles. The van der Waals surface area contributed by atoms with Crippen LogP contribution in [0.5, 0.6) is 0 Å². The van der Waals surface area contributed by atoms with Crippen LogP contribution in [0.15, 0.2) is 30.3 Å². The minimum absolute atomic E-state index is 0.118. The summed E-state index contributed by atoms with van der Waals surface area (Å²) in [4.78, 5) is 13.6. The average molecular weight is 276 g/mol. The molecule has 2 rings (SSSR count). The summed E-state index contributed by atoms with van der Waals surface area (Å²) < 4.78 is 0. The molecule has 0 bridgehead atoms. The number of urea groups is 1. The van der Waals surface area contributed by atoms with Crippen molar-refractivity contribution in [3.05, 3.63) is 35.9 Å². The molecule has 20 heavy (non-hydrogen) atoms. The average Bonchev–Trinajstić information content (AvgIpc) is 3.16. The first-order valence-corrected chi connectivity index (χ1v) is 7.09. The quantitative estimate of drug-likeness (QED) is 0.865. The van der Waals surface area contributed by atoms with Gasteiger partial charge in [-0.25, -0.2) is 4.79 Å². The first-order chi connectivity index (χ1) is 9.32. The predicted molar refractivity (Wildman–Crippen MR) is 79.7 cm³/mol. The van der Waals surface area contributed by atoms with E-state index in [1.54, 1.807) is 20.9 Å². The molecular formula is C16H24N2O2. The largest absolute Gasteiger partial charge is 0.389 e. The van der Waals surface area contributed by atoms with Crippen molar-refractivity contribution in [3.8, 4) is 0 Å². The molecule has 0 aliphatic heterocycles. The van der Waals surface area contributed by atoms with Gasteiger partial charge in [0.15, 0.2) is 0 Å². The molecule has 2 N–H and O–H groups in total. The summed E-state index contributed by atoms with van der Waals surface area (Å²) in [5.41, 5.74) is 0.542. The van der Waals surface area contributed by atoms with E-state index in [0.29, 0.717) is 13.1 Å². The number of carbonyl (C=O) groups excluding carboxylic acids is 1. The Morgan fingerprint density at radius 2 is 1.95 bits per heavy atom. The maximum absolute atomic E-state index is 12.0. The van der Waals surface area contributed by atoms with Crippen LogP contribution in [0.3, 0.4) is 0 Å². The summed E-state index contributed by atoms with van der Waals surface area (Å²) in [6.07, 6.45) is 2.24. The Kier molecular flexibility index (Phi) is 4.04. The maximum Gasteiger partial charge on any atom is 0.317 e. The second-order valence-electron chi connectivity index (χ2n) is 6.47. The second-order valence-corrected chi connectivity index (χ2v) is 6.47. The van der Waals surface area contributed by atoms with Crippen molar-refractivity contribution in [1.29, 1.82) is 0 Å². The fourth-order valence-corrected chi connectivity index (χ4v) is 2.54. The van der Waals surface area contributed by atoms with E-state index in [0.717, 1.165) is 12.8 Å². The van der Waals surface area contributed by atoms with Crippen molar-refractivity contribution in [2.24, 2.45) is 0 Å². The molecular weight excluding hydrogens is 252 g/mol. The number of aliphatic hydroxyl groups is 1. The number of nitrogens with zero attached hydrogens (tertiary/aromatic N) is 1. The van der Waals surface area contributed by atoms with Crippen LogP contribution in [0.1, 0.15) is 32.3 Å². The second kappa shape index (κ2) is 5.44. The van der Waals surface area contributed by atoms with Gasteiger partial charge in [0, 0.05) is 19.0 Å². The van der Waals surface area contributed by atoms with Crippen molar-refractivity contribution in [2.45, 2.75) is 37.7 Å². The van der Waals surface area contributed by atoms with Crippen LogP contribution in [0, 0.1) is 0 Å². The SMILES string of the molecule is CN(CC(C)(C)O)C(=O)NCC1(c2ccccc2)CC1. The highest BCUT2D eigenvalue weighted by Crippen LogP contribution is 2.47. The van der Waals surface area contributed by atoms with Crippen LogP contribution < -0.4 is 5.32 Å². The Hall–Kier alpha value is -1.55. The summed E-state index contributed by atoms with van der Waals surface area (Å²) >= 11 is 0. The van der Waals surface area contributed by atoms with Crippen LogP contribution in [-0.4, -0.2) is 41.8 Å². The number of nitrogens with one attached hydrogen (secondary N) is 1. The molecule has 0 radical (unpaired) electrons. The third kappa shape index (κ3) is 3.73. The molecule has 2 amide bonds. The van der Waals surface area contributed by atoms with E-state index < -0.39 is 5.60 Å². The molecule has 0 atom stereocenters. The number of hydrogen-bond acceptors (Lipinski definition) is 2. The molecule has 0 aromatic heterocycles. The molecule has 4 heteroatoms. The lowest BCUT2D eigenvalue weighted by atomic mass is 9.96. The van der Waals surface area contributed by atoms with Gasteiger partial charge < -0.3 is 15.3 Å². The topological polar surface area (TPSA) is 52.6 Å². The lowest BCUT2D eigenvalue weighted by Crippen LogP contribution is -2.46. The van der Waals surface area contributed by atoms with E-state index in [1.807, 2.05) is 18.2 Å². The standard InChI is InChI=1S/C16H24N2O2/c1-15(2,20)12-18(3)14(19)17-11-16(9-10-16)13-7-5-4-6-8-13/h4-8,20H,9-12H2,1-3H3,(H,17,19). The Labute approximate surface area is 120 Å². The van der Waals surface area contributed by atoms with E-state index in [2.05, 4.69) is 17.4 Å². The first kappa shape index (κ1) is 14.9. The fourth-order valence-electron chi connectivity index (χ4n) is 2.54. The number of carbonyl (C=O) groups is 1. The molecule has 1 saturated carbocycles. The molecule has 1 aliphatic rings. The summed E-state index contributed by atoms with van der Waals surface area (Å²) in [5.74, 6) is 0. The van der Waals surface area contributed by atoms with Crippen LogP contribution in [0.25, 0.3) is 0 Å². The van der Waals surface area contributed by atoms with Gasteiger partial charge in [-0.15, -0.1) is 0 Å².